The third-order valence-corrected chi connectivity index (χ3v) is 7.40. The molecule has 0 aromatic heterocycles. The molecule has 1 heterocycles. The van der Waals surface area contributed by atoms with E-state index in [9.17, 15) is 0 Å². The first-order valence-corrected chi connectivity index (χ1v) is 12.3. The minimum atomic E-state index is 0.103. The van der Waals surface area contributed by atoms with Crippen molar-refractivity contribution < 1.29 is 4.74 Å². The second-order valence-corrected chi connectivity index (χ2v) is 9.41. The molecule has 162 valence electrons. The van der Waals surface area contributed by atoms with Crippen LogP contribution in [0.5, 0.6) is 0 Å². The molecule has 1 fully saturated rings. The topological polar surface area (TPSA) is 12.5 Å². The number of hydrogen-bond donors (Lipinski definition) is 0. The molecule has 1 saturated heterocycles. The van der Waals surface area contributed by atoms with Crippen LogP contribution >= 0.6 is 0 Å². The summed E-state index contributed by atoms with van der Waals surface area (Å²) in [5.41, 5.74) is 2.84. The lowest BCUT2D eigenvalue weighted by molar-refractivity contribution is 0.0374. The summed E-state index contributed by atoms with van der Waals surface area (Å²) in [5, 5.41) is 2.52. The van der Waals surface area contributed by atoms with E-state index in [1.807, 2.05) is 0 Å². The van der Waals surface area contributed by atoms with Crippen LogP contribution in [0.3, 0.4) is 0 Å². The summed E-state index contributed by atoms with van der Waals surface area (Å²) in [5.74, 6) is 1.94. The van der Waals surface area contributed by atoms with E-state index < -0.39 is 0 Å². The Balaban J connectivity index is 1.48. The summed E-state index contributed by atoms with van der Waals surface area (Å²) in [6.45, 7) is 4.73. The Labute approximate surface area is 186 Å². The van der Waals surface area contributed by atoms with Gasteiger partial charge >= 0.3 is 0 Å². The Morgan fingerprint density at radius 1 is 0.968 bits per heavy atom. The van der Waals surface area contributed by atoms with Crippen molar-refractivity contribution in [3.8, 4) is 0 Å². The van der Waals surface area contributed by atoms with Crippen LogP contribution in [0.2, 0.25) is 0 Å². The molecule has 2 nitrogen and oxygen atoms in total. The normalized spacial score (nSPS) is 24.1. The van der Waals surface area contributed by atoms with Gasteiger partial charge in [-0.15, -0.1) is 0 Å². The Morgan fingerprint density at radius 3 is 2.65 bits per heavy atom. The van der Waals surface area contributed by atoms with E-state index >= 15 is 0 Å². The van der Waals surface area contributed by atoms with Gasteiger partial charge in [-0.1, -0.05) is 80.4 Å². The highest BCUT2D eigenvalue weighted by Crippen LogP contribution is 2.40. The Hall–Kier alpha value is -2.32. The molecule has 5 rings (SSSR count). The molecule has 2 aromatic rings. The minimum Gasteiger partial charge on any atom is -0.483 e. The Morgan fingerprint density at radius 2 is 1.77 bits per heavy atom. The molecular weight excluding hydrogens is 378 g/mol. The van der Waals surface area contributed by atoms with Gasteiger partial charge in [-0.25, -0.2) is 0 Å². The van der Waals surface area contributed by atoms with Crippen LogP contribution in [0.15, 0.2) is 60.7 Å². The van der Waals surface area contributed by atoms with Crippen molar-refractivity contribution in [2.45, 2.75) is 64.0 Å². The van der Waals surface area contributed by atoms with Crippen molar-refractivity contribution in [1.29, 1.82) is 0 Å². The maximum atomic E-state index is 6.95. The van der Waals surface area contributed by atoms with E-state index in [-0.39, 0.29) is 6.10 Å². The zero-order chi connectivity index (χ0) is 21.0. The first-order chi connectivity index (χ1) is 15.3. The van der Waals surface area contributed by atoms with E-state index in [2.05, 4.69) is 78.6 Å². The number of ether oxygens (including phenoxy) is 1. The lowest BCUT2D eigenvalue weighted by Crippen LogP contribution is -2.44. The molecule has 2 atom stereocenters. The summed E-state index contributed by atoms with van der Waals surface area (Å²) in [6, 6.07) is 18.1. The summed E-state index contributed by atoms with van der Waals surface area (Å²) >= 11 is 0. The molecule has 0 amide bonds. The van der Waals surface area contributed by atoms with Crippen LogP contribution in [-0.4, -0.2) is 24.0 Å². The number of rotatable bonds is 5. The molecule has 0 spiro atoms. The van der Waals surface area contributed by atoms with Crippen molar-refractivity contribution >= 4 is 11.8 Å². The predicted molar refractivity (Wildman–Crippen MR) is 129 cm³/mol. The van der Waals surface area contributed by atoms with Gasteiger partial charge in [-0.05, 0) is 73.5 Å². The molecule has 1 aliphatic heterocycles. The number of fused-ring (bicyclic) bond motifs is 2. The van der Waals surface area contributed by atoms with E-state index in [0.717, 1.165) is 30.9 Å². The first-order valence-electron chi connectivity index (χ1n) is 12.3. The lowest BCUT2D eigenvalue weighted by atomic mass is 9.91. The van der Waals surface area contributed by atoms with Crippen LogP contribution in [0, 0.1) is 5.92 Å². The standard InChI is InChI=1S/C29H35NO/c1-2-10-22-17-19-30(20-18-22)27-21-24-13-7-9-15-26(24)29(27)31-28-16-5-3-4-11-23-12-6-8-14-25(23)28/h5-9,11-16,22,27,29H,2-4,10,17-21H2,1H3. The molecule has 3 aliphatic rings. The monoisotopic (exact) mass is 413 g/mol. The van der Waals surface area contributed by atoms with Crippen molar-refractivity contribution in [2.24, 2.45) is 5.92 Å². The molecule has 0 N–H and O–H groups in total. The van der Waals surface area contributed by atoms with Gasteiger partial charge in [0.15, 0.2) is 0 Å². The van der Waals surface area contributed by atoms with Crippen molar-refractivity contribution in [3.05, 3.63) is 82.2 Å². The number of piperidine rings is 1. The van der Waals surface area contributed by atoms with Crippen molar-refractivity contribution in [1.82, 2.24) is 4.90 Å². The molecule has 2 heteroatoms. The fraction of sp³-hybridized carbons (Fsp3) is 0.448. The highest BCUT2D eigenvalue weighted by Gasteiger charge is 2.39. The molecule has 31 heavy (non-hydrogen) atoms. The second-order valence-electron chi connectivity index (χ2n) is 9.41. The SMILES string of the molecule is CCCC1CCN(C2Cc3ccccc3C2OC2=c3ccccc3=CCCC=C2)CC1. The Kier molecular flexibility index (Phi) is 6.27. The van der Waals surface area contributed by atoms with Gasteiger partial charge in [0, 0.05) is 5.22 Å². The van der Waals surface area contributed by atoms with E-state index in [1.165, 1.54) is 60.3 Å². The van der Waals surface area contributed by atoms with Gasteiger partial charge in [0.05, 0.1) is 6.04 Å². The fourth-order valence-electron chi connectivity index (χ4n) is 5.74. The second kappa shape index (κ2) is 9.44. The molecule has 0 radical (unpaired) electrons. The maximum absolute atomic E-state index is 6.95. The van der Waals surface area contributed by atoms with Crippen LogP contribution in [-0.2, 0) is 11.2 Å². The van der Waals surface area contributed by atoms with Crippen LogP contribution in [0.1, 0.15) is 62.7 Å². The smallest absolute Gasteiger partial charge is 0.140 e. The summed E-state index contributed by atoms with van der Waals surface area (Å²) in [4.78, 5) is 2.72. The minimum absolute atomic E-state index is 0.103. The lowest BCUT2D eigenvalue weighted by Gasteiger charge is -2.38. The molecule has 0 saturated carbocycles. The van der Waals surface area contributed by atoms with Gasteiger partial charge in [-0.3, -0.25) is 4.90 Å². The van der Waals surface area contributed by atoms with E-state index in [4.69, 9.17) is 4.74 Å². The number of allylic oxidation sites excluding steroid dienone is 1. The van der Waals surface area contributed by atoms with E-state index in [1.54, 1.807) is 0 Å². The molecule has 2 aromatic carbocycles. The Bertz CT molecular complexity index is 1040. The fourth-order valence-corrected chi connectivity index (χ4v) is 5.74. The summed E-state index contributed by atoms with van der Waals surface area (Å²) in [6.07, 6.45) is 15.6. The zero-order valence-corrected chi connectivity index (χ0v) is 18.8. The van der Waals surface area contributed by atoms with Crippen LogP contribution < -0.4 is 10.4 Å². The number of hydrogen-bond acceptors (Lipinski definition) is 2. The van der Waals surface area contributed by atoms with Crippen LogP contribution in [0.25, 0.3) is 11.8 Å². The highest BCUT2D eigenvalue weighted by atomic mass is 16.5. The summed E-state index contributed by atoms with van der Waals surface area (Å²) in [7, 11) is 0. The molecule has 2 aliphatic carbocycles. The molecule has 0 bridgehead atoms. The third kappa shape index (κ3) is 4.36. The molecular formula is C29H35NO. The summed E-state index contributed by atoms with van der Waals surface area (Å²) < 4.78 is 6.95. The van der Waals surface area contributed by atoms with Crippen LogP contribution in [0.4, 0.5) is 0 Å². The predicted octanol–water partition coefficient (Wildman–Crippen LogP) is 5.12. The molecule has 2 unspecified atom stereocenters. The number of likely N-dealkylation sites (tertiary alicyclic amines) is 1. The van der Waals surface area contributed by atoms with Gasteiger partial charge in [-0.2, -0.15) is 0 Å². The van der Waals surface area contributed by atoms with Gasteiger partial charge in [0.2, 0.25) is 0 Å². The number of benzene rings is 2. The largest absolute Gasteiger partial charge is 0.483 e. The average Bonchev–Trinajstić information content (AvgIpc) is 3.16. The zero-order valence-electron chi connectivity index (χ0n) is 18.8. The number of nitrogens with zero attached hydrogens (tertiary/aromatic N) is 1. The average molecular weight is 414 g/mol. The van der Waals surface area contributed by atoms with Gasteiger partial charge in [0.1, 0.15) is 11.9 Å². The third-order valence-electron chi connectivity index (χ3n) is 7.40. The van der Waals surface area contributed by atoms with E-state index in [0.29, 0.717) is 6.04 Å². The first kappa shape index (κ1) is 20.6. The van der Waals surface area contributed by atoms with Crippen molar-refractivity contribution in [3.63, 3.8) is 0 Å². The quantitative estimate of drug-likeness (QED) is 0.675. The highest BCUT2D eigenvalue weighted by molar-refractivity contribution is 5.53. The maximum Gasteiger partial charge on any atom is 0.140 e. The van der Waals surface area contributed by atoms with Gasteiger partial charge in [0.25, 0.3) is 0 Å². The van der Waals surface area contributed by atoms with Crippen molar-refractivity contribution in [2.75, 3.05) is 13.1 Å². The van der Waals surface area contributed by atoms with Gasteiger partial charge < -0.3 is 4.74 Å².